The molecule has 3 rings (SSSR count). The highest BCUT2D eigenvalue weighted by atomic mass is 19.1. The summed E-state index contributed by atoms with van der Waals surface area (Å²) in [6, 6.07) is 13.7. The zero-order valence-corrected chi connectivity index (χ0v) is 15.2. The third-order valence-electron chi connectivity index (χ3n) is 4.61. The van der Waals surface area contributed by atoms with Crippen molar-refractivity contribution in [2.24, 2.45) is 4.99 Å². The number of rotatable bonds is 8. The molecule has 3 nitrogen and oxygen atoms in total. The van der Waals surface area contributed by atoms with Gasteiger partial charge in [-0.2, -0.15) is 0 Å². The van der Waals surface area contributed by atoms with Crippen molar-refractivity contribution in [3.8, 4) is 0 Å². The molecule has 0 aliphatic carbocycles. The summed E-state index contributed by atoms with van der Waals surface area (Å²) in [4.78, 5) is 8.85. The molecule has 2 aromatic carbocycles. The fraction of sp³-hybridized carbons (Fsp3) is 0.381. The summed E-state index contributed by atoms with van der Waals surface area (Å²) in [7, 11) is 0. The average Bonchev–Trinajstić information content (AvgIpc) is 3.07. The van der Waals surface area contributed by atoms with Crippen LogP contribution in [0.25, 0.3) is 0 Å². The smallest absolute Gasteiger partial charge is 0.149 e. The van der Waals surface area contributed by atoms with Gasteiger partial charge < -0.3 is 9.80 Å². The number of hydrogen-bond acceptors (Lipinski definition) is 3. The van der Waals surface area contributed by atoms with E-state index in [0.717, 1.165) is 49.9 Å². The molecular formula is C21H25F2N3. The molecule has 1 heterocycles. The molecule has 1 aliphatic rings. The van der Waals surface area contributed by atoms with Gasteiger partial charge in [-0.15, -0.1) is 0 Å². The van der Waals surface area contributed by atoms with E-state index in [9.17, 15) is 8.78 Å². The largest absolute Gasteiger partial charge is 0.357 e. The van der Waals surface area contributed by atoms with Gasteiger partial charge in [-0.1, -0.05) is 43.7 Å². The second-order valence-corrected chi connectivity index (χ2v) is 6.58. The fourth-order valence-corrected chi connectivity index (χ4v) is 3.21. The van der Waals surface area contributed by atoms with Crippen LogP contribution in [0.1, 0.15) is 25.3 Å². The SMILES string of the molecule is CCCCN1CCN=C1CN(Cc1ccccc1)c1ccc(F)cc1F. The zero-order chi connectivity index (χ0) is 18.4. The summed E-state index contributed by atoms with van der Waals surface area (Å²) in [6.07, 6.45) is 2.24. The molecule has 5 heteroatoms. The predicted molar refractivity (Wildman–Crippen MR) is 103 cm³/mol. The number of amidine groups is 1. The molecule has 0 aromatic heterocycles. The summed E-state index contributed by atoms with van der Waals surface area (Å²) in [5.74, 6) is -0.119. The van der Waals surface area contributed by atoms with Gasteiger partial charge in [0.2, 0.25) is 0 Å². The van der Waals surface area contributed by atoms with Crippen molar-refractivity contribution in [2.45, 2.75) is 26.3 Å². The summed E-state index contributed by atoms with van der Waals surface area (Å²) >= 11 is 0. The Labute approximate surface area is 154 Å². The quantitative estimate of drug-likeness (QED) is 0.693. The third-order valence-corrected chi connectivity index (χ3v) is 4.61. The standard InChI is InChI=1S/C21H25F2N3/c1-2-3-12-25-13-11-24-21(25)16-26(15-17-7-5-4-6-8-17)20-10-9-18(22)14-19(20)23/h4-10,14H,2-3,11-13,15-16H2,1H3. The topological polar surface area (TPSA) is 18.8 Å². The number of anilines is 1. The van der Waals surface area contributed by atoms with E-state index >= 15 is 0 Å². The van der Waals surface area contributed by atoms with Crippen LogP contribution in [0.3, 0.4) is 0 Å². The van der Waals surface area contributed by atoms with Crippen LogP contribution in [-0.4, -0.2) is 36.9 Å². The lowest BCUT2D eigenvalue weighted by atomic mass is 10.2. The number of halogens is 2. The van der Waals surface area contributed by atoms with Gasteiger partial charge in [0.15, 0.2) is 0 Å². The van der Waals surface area contributed by atoms with Crippen LogP contribution in [0.15, 0.2) is 53.5 Å². The molecule has 0 spiro atoms. The van der Waals surface area contributed by atoms with Gasteiger partial charge in [0.25, 0.3) is 0 Å². The van der Waals surface area contributed by atoms with Crippen LogP contribution in [0, 0.1) is 11.6 Å². The number of unbranched alkanes of at least 4 members (excludes halogenated alkanes) is 1. The fourth-order valence-electron chi connectivity index (χ4n) is 3.21. The van der Waals surface area contributed by atoms with E-state index in [0.29, 0.717) is 18.8 Å². The van der Waals surface area contributed by atoms with Gasteiger partial charge in [0, 0.05) is 25.7 Å². The van der Waals surface area contributed by atoms with Crippen LogP contribution in [0.5, 0.6) is 0 Å². The van der Waals surface area contributed by atoms with E-state index in [4.69, 9.17) is 0 Å². The van der Waals surface area contributed by atoms with Crippen molar-refractivity contribution in [3.63, 3.8) is 0 Å². The first-order valence-corrected chi connectivity index (χ1v) is 9.19. The second kappa shape index (κ2) is 8.79. The summed E-state index contributed by atoms with van der Waals surface area (Å²) in [5.41, 5.74) is 1.48. The lowest BCUT2D eigenvalue weighted by Gasteiger charge is -2.29. The number of nitrogens with zero attached hydrogens (tertiary/aromatic N) is 3. The highest BCUT2D eigenvalue weighted by Gasteiger charge is 2.21. The molecule has 26 heavy (non-hydrogen) atoms. The van der Waals surface area contributed by atoms with E-state index in [2.05, 4.69) is 16.8 Å². The van der Waals surface area contributed by atoms with E-state index in [-0.39, 0.29) is 0 Å². The molecule has 2 aromatic rings. The Morgan fingerprint density at radius 1 is 1.08 bits per heavy atom. The van der Waals surface area contributed by atoms with Gasteiger partial charge in [-0.25, -0.2) is 8.78 Å². The van der Waals surface area contributed by atoms with Gasteiger partial charge >= 0.3 is 0 Å². The number of benzene rings is 2. The van der Waals surface area contributed by atoms with Gasteiger partial charge in [0.1, 0.15) is 17.5 Å². The molecule has 0 atom stereocenters. The molecule has 0 amide bonds. The average molecular weight is 357 g/mol. The molecule has 1 aliphatic heterocycles. The Hall–Kier alpha value is -2.43. The normalized spacial score (nSPS) is 13.8. The van der Waals surface area contributed by atoms with Crippen molar-refractivity contribution in [2.75, 3.05) is 31.1 Å². The summed E-state index contributed by atoms with van der Waals surface area (Å²) in [6.45, 7) is 5.90. The van der Waals surface area contributed by atoms with Crippen molar-refractivity contribution in [1.82, 2.24) is 4.90 Å². The van der Waals surface area contributed by atoms with Crippen molar-refractivity contribution >= 4 is 11.5 Å². The minimum absolute atomic E-state index is 0.403. The molecule has 0 saturated heterocycles. The molecule has 0 bridgehead atoms. The molecule has 0 radical (unpaired) electrons. The highest BCUT2D eigenvalue weighted by molar-refractivity contribution is 5.88. The van der Waals surface area contributed by atoms with Crippen LogP contribution < -0.4 is 4.90 Å². The maximum atomic E-state index is 14.4. The minimum atomic E-state index is -0.561. The maximum Gasteiger partial charge on any atom is 0.149 e. The number of hydrogen-bond donors (Lipinski definition) is 0. The van der Waals surface area contributed by atoms with Crippen LogP contribution >= 0.6 is 0 Å². The lowest BCUT2D eigenvalue weighted by molar-refractivity contribution is 0.437. The van der Waals surface area contributed by atoms with Gasteiger partial charge in [0.05, 0.1) is 18.8 Å². The van der Waals surface area contributed by atoms with Crippen LogP contribution in [0.2, 0.25) is 0 Å². The Balaban J connectivity index is 1.83. The second-order valence-electron chi connectivity index (χ2n) is 6.58. The van der Waals surface area contributed by atoms with Crippen molar-refractivity contribution in [3.05, 3.63) is 65.7 Å². The van der Waals surface area contributed by atoms with Gasteiger partial charge in [-0.05, 0) is 24.1 Å². The first-order valence-electron chi connectivity index (χ1n) is 9.19. The monoisotopic (exact) mass is 357 g/mol. The lowest BCUT2D eigenvalue weighted by Crippen LogP contribution is -2.39. The van der Waals surface area contributed by atoms with Crippen molar-refractivity contribution in [1.29, 1.82) is 0 Å². The van der Waals surface area contributed by atoms with E-state index in [1.807, 2.05) is 35.2 Å². The highest BCUT2D eigenvalue weighted by Crippen LogP contribution is 2.23. The minimum Gasteiger partial charge on any atom is -0.357 e. The summed E-state index contributed by atoms with van der Waals surface area (Å²) in [5, 5.41) is 0. The Morgan fingerprint density at radius 2 is 1.88 bits per heavy atom. The molecule has 0 N–H and O–H groups in total. The van der Waals surface area contributed by atoms with Gasteiger partial charge in [-0.3, -0.25) is 4.99 Å². The molecule has 0 saturated carbocycles. The molecule has 0 fully saturated rings. The Kier molecular flexibility index (Phi) is 6.21. The van der Waals surface area contributed by atoms with E-state index in [1.165, 1.54) is 12.1 Å². The first kappa shape index (κ1) is 18.4. The van der Waals surface area contributed by atoms with E-state index < -0.39 is 11.6 Å². The molecule has 138 valence electrons. The summed E-state index contributed by atoms with van der Waals surface area (Å²) < 4.78 is 27.8. The maximum absolute atomic E-state index is 14.4. The van der Waals surface area contributed by atoms with E-state index in [1.54, 1.807) is 0 Å². The van der Waals surface area contributed by atoms with Crippen molar-refractivity contribution < 1.29 is 8.78 Å². The molecule has 0 unspecified atom stereocenters. The zero-order valence-electron chi connectivity index (χ0n) is 15.2. The Morgan fingerprint density at radius 3 is 2.62 bits per heavy atom. The van der Waals surface area contributed by atoms with Crippen LogP contribution in [-0.2, 0) is 6.54 Å². The Bertz CT molecular complexity index is 746. The predicted octanol–water partition coefficient (Wildman–Crippen LogP) is 4.49. The van der Waals surface area contributed by atoms with Crippen LogP contribution in [0.4, 0.5) is 14.5 Å². The third kappa shape index (κ3) is 4.59. The molecular weight excluding hydrogens is 332 g/mol. The first-order chi connectivity index (χ1) is 12.7. The number of aliphatic imine (C=N–C) groups is 1.